The Kier molecular flexibility index (Phi) is 7.88. The summed E-state index contributed by atoms with van der Waals surface area (Å²) in [5.74, 6) is -2.28. The first kappa shape index (κ1) is 22.1. The molecular weight excluding hydrogens is 375 g/mol. The fourth-order valence-electron chi connectivity index (χ4n) is 2.60. The second kappa shape index (κ2) is 10.4. The van der Waals surface area contributed by atoms with Gasteiger partial charge in [-0.15, -0.1) is 0 Å². The molecule has 0 aromatic heterocycles. The molecule has 2 aromatic rings. The largest absolute Gasteiger partial charge is 0.454 e. The van der Waals surface area contributed by atoms with Crippen LogP contribution in [0.15, 0.2) is 48.5 Å². The molecule has 0 aliphatic rings. The van der Waals surface area contributed by atoms with Crippen molar-refractivity contribution in [2.75, 3.05) is 11.9 Å². The molecule has 0 saturated carbocycles. The Morgan fingerprint density at radius 3 is 2.34 bits per heavy atom. The van der Waals surface area contributed by atoms with Crippen LogP contribution in [0.5, 0.6) is 0 Å². The maximum atomic E-state index is 13.5. The van der Waals surface area contributed by atoms with Gasteiger partial charge in [0.2, 0.25) is 5.91 Å². The van der Waals surface area contributed by atoms with Gasteiger partial charge in [0.05, 0.1) is 6.42 Å². The second-order valence-corrected chi connectivity index (χ2v) is 7.07. The van der Waals surface area contributed by atoms with Gasteiger partial charge in [0.1, 0.15) is 11.9 Å². The molecule has 154 valence electrons. The molecule has 7 heteroatoms. The van der Waals surface area contributed by atoms with E-state index in [2.05, 4.69) is 10.6 Å². The number of anilines is 1. The van der Waals surface area contributed by atoms with Crippen molar-refractivity contribution in [2.24, 2.45) is 5.92 Å². The molecule has 0 fully saturated rings. The molecule has 2 N–H and O–H groups in total. The smallest absolute Gasteiger partial charge is 0.329 e. The zero-order chi connectivity index (χ0) is 21.4. The summed E-state index contributed by atoms with van der Waals surface area (Å²) in [5.41, 5.74) is 1.55. The lowest BCUT2D eigenvalue weighted by atomic mass is 10.0. The van der Waals surface area contributed by atoms with Crippen molar-refractivity contribution in [2.45, 2.75) is 33.2 Å². The Morgan fingerprint density at radius 1 is 1.03 bits per heavy atom. The molecule has 0 aliphatic carbocycles. The van der Waals surface area contributed by atoms with Gasteiger partial charge in [-0.3, -0.25) is 9.59 Å². The number of esters is 1. The monoisotopic (exact) mass is 400 g/mol. The van der Waals surface area contributed by atoms with Crippen LogP contribution < -0.4 is 10.6 Å². The number of benzene rings is 2. The van der Waals surface area contributed by atoms with E-state index < -0.39 is 30.3 Å². The van der Waals surface area contributed by atoms with Crippen LogP contribution in [0.3, 0.4) is 0 Å². The number of halogens is 1. The molecule has 2 aromatic carbocycles. The number of aryl methyl sites for hydroxylation is 1. The van der Waals surface area contributed by atoms with E-state index in [9.17, 15) is 18.8 Å². The number of rotatable bonds is 8. The highest BCUT2D eigenvalue weighted by molar-refractivity contribution is 5.93. The first-order valence-corrected chi connectivity index (χ1v) is 9.32. The van der Waals surface area contributed by atoms with Gasteiger partial charge in [0.15, 0.2) is 6.61 Å². The van der Waals surface area contributed by atoms with Gasteiger partial charge in [-0.25, -0.2) is 9.18 Å². The van der Waals surface area contributed by atoms with E-state index in [4.69, 9.17) is 4.74 Å². The van der Waals surface area contributed by atoms with Gasteiger partial charge in [0, 0.05) is 5.69 Å². The normalized spacial score (nSPS) is 11.6. The summed E-state index contributed by atoms with van der Waals surface area (Å²) in [6, 6.07) is 12.6. The van der Waals surface area contributed by atoms with Crippen LogP contribution in [0.2, 0.25) is 0 Å². The first-order chi connectivity index (χ1) is 13.8. The molecule has 29 heavy (non-hydrogen) atoms. The molecule has 2 rings (SSSR count). The number of nitrogens with one attached hydrogen (secondary N) is 2. The zero-order valence-electron chi connectivity index (χ0n) is 16.7. The molecule has 6 nitrogen and oxygen atoms in total. The maximum absolute atomic E-state index is 13.5. The Balaban J connectivity index is 1.87. The Labute approximate surface area is 169 Å². The van der Waals surface area contributed by atoms with Gasteiger partial charge < -0.3 is 15.4 Å². The van der Waals surface area contributed by atoms with Crippen molar-refractivity contribution < 1.29 is 23.5 Å². The van der Waals surface area contributed by atoms with Crippen LogP contribution in [-0.2, 0) is 25.5 Å². The Bertz CT molecular complexity index is 868. The highest BCUT2D eigenvalue weighted by atomic mass is 19.1. The van der Waals surface area contributed by atoms with Gasteiger partial charge >= 0.3 is 5.97 Å². The highest BCUT2D eigenvalue weighted by Gasteiger charge is 2.26. The first-order valence-electron chi connectivity index (χ1n) is 9.32. The molecule has 1 atom stereocenters. The van der Waals surface area contributed by atoms with Crippen molar-refractivity contribution in [3.8, 4) is 0 Å². The third-order valence-electron chi connectivity index (χ3n) is 4.25. The fourth-order valence-corrected chi connectivity index (χ4v) is 2.60. The summed E-state index contributed by atoms with van der Waals surface area (Å²) in [4.78, 5) is 36.6. The van der Waals surface area contributed by atoms with Crippen LogP contribution in [0.4, 0.5) is 10.1 Å². The van der Waals surface area contributed by atoms with Crippen molar-refractivity contribution >= 4 is 23.5 Å². The van der Waals surface area contributed by atoms with E-state index in [-0.39, 0.29) is 23.9 Å². The average molecular weight is 400 g/mol. The molecular formula is C22H25FN2O4. The van der Waals surface area contributed by atoms with Crippen molar-refractivity contribution in [1.82, 2.24) is 5.32 Å². The summed E-state index contributed by atoms with van der Waals surface area (Å²) >= 11 is 0. The lowest BCUT2D eigenvalue weighted by Gasteiger charge is -2.20. The van der Waals surface area contributed by atoms with Crippen LogP contribution in [-0.4, -0.2) is 30.4 Å². The molecule has 0 aliphatic heterocycles. The summed E-state index contributed by atoms with van der Waals surface area (Å²) in [6.45, 7) is 4.61. The van der Waals surface area contributed by atoms with E-state index in [0.29, 0.717) is 5.56 Å². The minimum Gasteiger partial charge on any atom is -0.454 e. The second-order valence-electron chi connectivity index (χ2n) is 7.07. The van der Waals surface area contributed by atoms with Crippen LogP contribution >= 0.6 is 0 Å². The van der Waals surface area contributed by atoms with Crippen molar-refractivity contribution in [3.05, 3.63) is 65.5 Å². The van der Waals surface area contributed by atoms with Gasteiger partial charge in [-0.2, -0.15) is 0 Å². The van der Waals surface area contributed by atoms with Crippen LogP contribution in [0.1, 0.15) is 25.0 Å². The summed E-state index contributed by atoms with van der Waals surface area (Å²) in [6.07, 6.45) is 0.136. The zero-order valence-corrected chi connectivity index (χ0v) is 16.7. The SMILES string of the molecule is Cc1ccc(NC(=O)COC(=O)[C@@H](NC(=O)Cc2ccccc2)C(C)C)cc1F. The van der Waals surface area contributed by atoms with E-state index in [1.54, 1.807) is 26.8 Å². The number of amides is 2. The average Bonchev–Trinajstić information content (AvgIpc) is 2.67. The lowest BCUT2D eigenvalue weighted by Crippen LogP contribution is -2.46. The van der Waals surface area contributed by atoms with Gasteiger partial charge in [0.25, 0.3) is 5.91 Å². The number of hydrogen-bond donors (Lipinski definition) is 2. The molecule has 0 saturated heterocycles. The van der Waals surface area contributed by atoms with Crippen LogP contribution in [0.25, 0.3) is 0 Å². The van der Waals surface area contributed by atoms with Gasteiger partial charge in [-0.1, -0.05) is 50.2 Å². The fraction of sp³-hybridized carbons (Fsp3) is 0.318. The van der Waals surface area contributed by atoms with E-state index in [0.717, 1.165) is 5.56 Å². The molecule has 2 amide bonds. The molecule has 0 radical (unpaired) electrons. The van der Waals surface area contributed by atoms with E-state index >= 15 is 0 Å². The number of carbonyl (C=O) groups excluding carboxylic acids is 3. The number of carbonyl (C=O) groups is 3. The summed E-state index contributed by atoms with van der Waals surface area (Å²) in [7, 11) is 0. The maximum Gasteiger partial charge on any atom is 0.329 e. The topological polar surface area (TPSA) is 84.5 Å². The number of hydrogen-bond acceptors (Lipinski definition) is 4. The minimum absolute atomic E-state index is 0.136. The summed E-state index contributed by atoms with van der Waals surface area (Å²) < 4.78 is 18.6. The minimum atomic E-state index is -0.879. The van der Waals surface area contributed by atoms with Crippen LogP contribution in [0, 0.1) is 18.7 Å². The third-order valence-corrected chi connectivity index (χ3v) is 4.25. The lowest BCUT2D eigenvalue weighted by molar-refractivity contribution is -0.151. The highest BCUT2D eigenvalue weighted by Crippen LogP contribution is 2.13. The third kappa shape index (κ3) is 7.03. The van der Waals surface area contributed by atoms with Crippen molar-refractivity contribution in [1.29, 1.82) is 0 Å². The predicted molar refractivity (Wildman–Crippen MR) is 108 cm³/mol. The quantitative estimate of drug-likeness (QED) is 0.667. The molecule has 0 spiro atoms. The standard InChI is InChI=1S/C22H25FN2O4/c1-14(2)21(25-19(26)11-16-7-5-4-6-8-16)22(28)29-13-20(27)24-17-10-9-15(3)18(23)12-17/h4-10,12,14,21H,11,13H2,1-3H3,(H,24,27)(H,25,26)/t21-/m0/s1. The van der Waals surface area contributed by atoms with Gasteiger partial charge in [-0.05, 0) is 36.1 Å². The number of ether oxygens (including phenoxy) is 1. The Morgan fingerprint density at radius 2 is 1.72 bits per heavy atom. The molecule has 0 bridgehead atoms. The van der Waals surface area contributed by atoms with Crippen molar-refractivity contribution in [3.63, 3.8) is 0 Å². The predicted octanol–water partition coefficient (Wildman–Crippen LogP) is 3.00. The van der Waals surface area contributed by atoms with E-state index in [1.165, 1.54) is 12.1 Å². The molecule has 0 heterocycles. The van der Waals surface area contributed by atoms with E-state index in [1.807, 2.05) is 30.3 Å². The summed E-state index contributed by atoms with van der Waals surface area (Å²) in [5, 5.41) is 5.12. The molecule has 0 unspecified atom stereocenters. The Hall–Kier alpha value is -3.22.